The van der Waals surface area contributed by atoms with E-state index in [0.717, 1.165) is 18.5 Å². The van der Waals surface area contributed by atoms with Gasteiger partial charge in [-0.15, -0.1) is 11.8 Å². The molecule has 0 saturated heterocycles. The van der Waals surface area contributed by atoms with Crippen LogP contribution in [0.4, 0.5) is 0 Å². The Morgan fingerprint density at radius 1 is 1.37 bits per heavy atom. The summed E-state index contributed by atoms with van der Waals surface area (Å²) in [6, 6.07) is 10.0. The monoisotopic (exact) mass is 281 g/mol. The van der Waals surface area contributed by atoms with Gasteiger partial charge in [-0.2, -0.15) is 0 Å². The first-order chi connectivity index (χ1) is 9.17. The van der Waals surface area contributed by atoms with Crippen LogP contribution in [0.1, 0.15) is 25.8 Å². The number of thioether (sulfide) groups is 1. The van der Waals surface area contributed by atoms with Gasteiger partial charge in [0, 0.05) is 24.9 Å². The lowest BCUT2D eigenvalue weighted by Gasteiger charge is -2.21. The molecule has 0 aliphatic rings. The first kappa shape index (κ1) is 16.1. The lowest BCUT2D eigenvalue weighted by Crippen LogP contribution is -2.32. The van der Waals surface area contributed by atoms with Gasteiger partial charge in [-0.05, 0) is 18.9 Å². The first-order valence-corrected chi connectivity index (χ1v) is 7.76. The van der Waals surface area contributed by atoms with Crippen LogP contribution < -0.4 is 0 Å². The highest BCUT2D eigenvalue weighted by atomic mass is 32.2. The Bertz CT molecular complexity index is 370. The van der Waals surface area contributed by atoms with Crippen LogP contribution in [-0.4, -0.2) is 40.1 Å². The minimum absolute atomic E-state index is 0.168. The summed E-state index contributed by atoms with van der Waals surface area (Å²) in [6.07, 6.45) is 0.739. The van der Waals surface area contributed by atoms with E-state index in [0.29, 0.717) is 17.5 Å². The van der Waals surface area contributed by atoms with E-state index in [-0.39, 0.29) is 12.5 Å². The molecule has 1 aromatic rings. The fourth-order valence-corrected chi connectivity index (χ4v) is 2.63. The highest BCUT2D eigenvalue weighted by Gasteiger charge is 2.13. The molecule has 0 spiro atoms. The molecule has 0 fully saturated rings. The Balaban J connectivity index is 2.44. The number of aliphatic hydroxyl groups excluding tert-OH is 1. The summed E-state index contributed by atoms with van der Waals surface area (Å²) in [5.41, 5.74) is 1.16. The topological polar surface area (TPSA) is 40.5 Å². The molecule has 106 valence electrons. The minimum atomic E-state index is 0.168. The summed E-state index contributed by atoms with van der Waals surface area (Å²) in [7, 11) is 0. The standard InChI is InChI=1S/C15H23NO2S/c1-3-16(11-14-7-5-4-6-8-14)15(18)12-19-13(2)9-10-17/h4-8,13,17H,3,9-12H2,1-2H3. The van der Waals surface area contributed by atoms with E-state index in [1.807, 2.05) is 49.1 Å². The summed E-state index contributed by atoms with van der Waals surface area (Å²) >= 11 is 1.61. The van der Waals surface area contributed by atoms with Crippen LogP contribution in [0.15, 0.2) is 30.3 Å². The fourth-order valence-electron chi connectivity index (χ4n) is 1.75. The van der Waals surface area contributed by atoms with E-state index < -0.39 is 0 Å². The Labute approximate surface area is 120 Å². The third kappa shape index (κ3) is 6.12. The van der Waals surface area contributed by atoms with Crippen molar-refractivity contribution in [1.82, 2.24) is 4.90 Å². The van der Waals surface area contributed by atoms with Gasteiger partial charge in [0.1, 0.15) is 0 Å². The van der Waals surface area contributed by atoms with Crippen molar-refractivity contribution in [2.75, 3.05) is 18.9 Å². The second-order valence-corrected chi connectivity index (χ2v) is 5.95. The zero-order valence-corrected chi connectivity index (χ0v) is 12.5. The Hall–Kier alpha value is -1.00. The van der Waals surface area contributed by atoms with Gasteiger partial charge in [0.05, 0.1) is 5.75 Å². The SMILES string of the molecule is CCN(Cc1ccccc1)C(=O)CSC(C)CCO. The van der Waals surface area contributed by atoms with Crippen molar-refractivity contribution in [2.45, 2.75) is 32.1 Å². The maximum absolute atomic E-state index is 12.1. The van der Waals surface area contributed by atoms with Gasteiger partial charge in [-0.1, -0.05) is 37.3 Å². The normalized spacial score (nSPS) is 12.2. The molecule has 0 aliphatic carbocycles. The predicted molar refractivity (Wildman–Crippen MR) is 81.2 cm³/mol. The largest absolute Gasteiger partial charge is 0.396 e. The molecule has 0 aliphatic heterocycles. The van der Waals surface area contributed by atoms with Crippen LogP contribution in [0.3, 0.4) is 0 Å². The van der Waals surface area contributed by atoms with Crippen LogP contribution >= 0.6 is 11.8 Å². The molecule has 1 rings (SSSR count). The second-order valence-electron chi connectivity index (χ2n) is 4.53. The van der Waals surface area contributed by atoms with Gasteiger partial charge in [-0.3, -0.25) is 4.79 Å². The molecule has 0 saturated carbocycles. The summed E-state index contributed by atoms with van der Waals surface area (Å²) in [5.74, 6) is 0.656. The quantitative estimate of drug-likeness (QED) is 0.796. The molecule has 0 aromatic heterocycles. The maximum atomic E-state index is 12.1. The number of aliphatic hydroxyl groups is 1. The number of nitrogens with zero attached hydrogens (tertiary/aromatic N) is 1. The summed E-state index contributed by atoms with van der Waals surface area (Å²) in [5, 5.41) is 9.17. The fraction of sp³-hybridized carbons (Fsp3) is 0.533. The molecule has 1 aromatic carbocycles. The van der Waals surface area contributed by atoms with Gasteiger partial charge in [0.25, 0.3) is 0 Å². The molecule has 19 heavy (non-hydrogen) atoms. The number of hydrogen-bond donors (Lipinski definition) is 1. The number of benzene rings is 1. The molecule has 0 bridgehead atoms. The summed E-state index contributed by atoms with van der Waals surface area (Å²) in [6.45, 7) is 5.63. The lowest BCUT2D eigenvalue weighted by molar-refractivity contribution is -0.128. The Morgan fingerprint density at radius 2 is 2.05 bits per heavy atom. The molecule has 1 amide bonds. The number of carbonyl (C=O) groups is 1. The molecule has 0 radical (unpaired) electrons. The number of rotatable bonds is 8. The van der Waals surface area contributed by atoms with Crippen LogP contribution in [-0.2, 0) is 11.3 Å². The van der Waals surface area contributed by atoms with Gasteiger partial charge < -0.3 is 10.0 Å². The van der Waals surface area contributed by atoms with Crippen molar-refractivity contribution in [1.29, 1.82) is 0 Å². The highest BCUT2D eigenvalue weighted by molar-refractivity contribution is 8.00. The highest BCUT2D eigenvalue weighted by Crippen LogP contribution is 2.15. The van der Waals surface area contributed by atoms with Gasteiger partial charge >= 0.3 is 0 Å². The Kier molecular flexibility index (Phi) is 7.60. The number of hydrogen-bond acceptors (Lipinski definition) is 3. The van der Waals surface area contributed by atoms with Crippen LogP contribution in [0.25, 0.3) is 0 Å². The smallest absolute Gasteiger partial charge is 0.232 e. The maximum Gasteiger partial charge on any atom is 0.232 e. The van der Waals surface area contributed by atoms with Crippen LogP contribution in [0.2, 0.25) is 0 Å². The first-order valence-electron chi connectivity index (χ1n) is 6.71. The van der Waals surface area contributed by atoms with Crippen molar-refractivity contribution in [2.24, 2.45) is 0 Å². The van der Waals surface area contributed by atoms with E-state index in [1.165, 1.54) is 0 Å². The molecular formula is C15H23NO2S. The van der Waals surface area contributed by atoms with Crippen LogP contribution in [0.5, 0.6) is 0 Å². The minimum Gasteiger partial charge on any atom is -0.396 e. The van der Waals surface area contributed by atoms with Crippen LogP contribution in [0, 0.1) is 0 Å². The van der Waals surface area contributed by atoms with E-state index in [1.54, 1.807) is 11.8 Å². The second kappa shape index (κ2) is 8.99. The molecule has 1 N–H and O–H groups in total. The van der Waals surface area contributed by atoms with Crippen molar-refractivity contribution >= 4 is 17.7 Å². The van der Waals surface area contributed by atoms with Crippen molar-refractivity contribution in [3.05, 3.63) is 35.9 Å². The zero-order chi connectivity index (χ0) is 14.1. The van der Waals surface area contributed by atoms with Crippen molar-refractivity contribution < 1.29 is 9.90 Å². The average Bonchev–Trinajstić information content (AvgIpc) is 2.43. The van der Waals surface area contributed by atoms with E-state index in [4.69, 9.17) is 5.11 Å². The molecule has 1 unspecified atom stereocenters. The Morgan fingerprint density at radius 3 is 2.63 bits per heavy atom. The zero-order valence-electron chi connectivity index (χ0n) is 11.7. The lowest BCUT2D eigenvalue weighted by atomic mass is 10.2. The van der Waals surface area contributed by atoms with Gasteiger partial charge in [0.15, 0.2) is 0 Å². The van der Waals surface area contributed by atoms with Gasteiger partial charge in [-0.25, -0.2) is 0 Å². The van der Waals surface area contributed by atoms with E-state index >= 15 is 0 Å². The van der Waals surface area contributed by atoms with E-state index in [9.17, 15) is 4.79 Å². The van der Waals surface area contributed by atoms with Crippen molar-refractivity contribution in [3.8, 4) is 0 Å². The number of carbonyl (C=O) groups excluding carboxylic acids is 1. The third-order valence-corrected chi connectivity index (χ3v) is 4.20. The number of amides is 1. The predicted octanol–water partition coefficient (Wildman–Crippen LogP) is 2.54. The van der Waals surface area contributed by atoms with E-state index in [2.05, 4.69) is 0 Å². The average molecular weight is 281 g/mol. The van der Waals surface area contributed by atoms with Gasteiger partial charge in [0.2, 0.25) is 5.91 Å². The molecule has 0 heterocycles. The molecule has 4 heteroatoms. The summed E-state index contributed by atoms with van der Waals surface area (Å²) in [4.78, 5) is 14.0. The molecule has 3 nitrogen and oxygen atoms in total. The molecule has 1 atom stereocenters. The third-order valence-electron chi connectivity index (χ3n) is 2.98. The summed E-state index contributed by atoms with van der Waals surface area (Å²) < 4.78 is 0. The molecular weight excluding hydrogens is 258 g/mol. The van der Waals surface area contributed by atoms with Crippen molar-refractivity contribution in [3.63, 3.8) is 0 Å².